The van der Waals surface area contributed by atoms with Crippen LogP contribution < -0.4 is 10.6 Å². The summed E-state index contributed by atoms with van der Waals surface area (Å²) in [5.41, 5.74) is 1.56. The fraction of sp³-hybridized carbons (Fsp3) is 0.0667. The van der Waals surface area contributed by atoms with Gasteiger partial charge in [-0.05, 0) is 59.0 Å². The van der Waals surface area contributed by atoms with Crippen LogP contribution in [0.1, 0.15) is 20.7 Å². The highest BCUT2D eigenvalue weighted by atomic mass is 127. The molecule has 2 amide bonds. The molecular weight excluding hydrogens is 403 g/mol. The standard InChI is InChI=1S/C15H12ClIN2O2/c1-18-14(20)9-3-2-4-11(7-9)19-15(21)10-5-6-12(16)13(17)8-10/h2-8H,1H3,(H,18,20)(H,19,21). The van der Waals surface area contributed by atoms with Gasteiger partial charge in [-0.25, -0.2) is 0 Å². The summed E-state index contributed by atoms with van der Waals surface area (Å²) in [6.45, 7) is 0. The lowest BCUT2D eigenvalue weighted by Crippen LogP contribution is -2.18. The predicted octanol–water partition coefficient (Wildman–Crippen LogP) is 3.56. The van der Waals surface area contributed by atoms with Crippen molar-refractivity contribution in [2.24, 2.45) is 0 Å². The van der Waals surface area contributed by atoms with Crippen molar-refractivity contribution < 1.29 is 9.59 Å². The van der Waals surface area contributed by atoms with Crippen LogP contribution in [0.5, 0.6) is 0 Å². The number of carbonyl (C=O) groups excluding carboxylic acids is 2. The van der Waals surface area contributed by atoms with Crippen molar-refractivity contribution in [3.05, 3.63) is 62.2 Å². The molecule has 108 valence electrons. The van der Waals surface area contributed by atoms with Gasteiger partial charge in [-0.1, -0.05) is 17.7 Å². The van der Waals surface area contributed by atoms with Crippen molar-refractivity contribution in [2.45, 2.75) is 0 Å². The van der Waals surface area contributed by atoms with Gasteiger partial charge in [0.2, 0.25) is 0 Å². The Morgan fingerprint density at radius 2 is 1.76 bits per heavy atom. The molecule has 0 aliphatic heterocycles. The second kappa shape index (κ2) is 6.91. The van der Waals surface area contributed by atoms with Crippen molar-refractivity contribution in [1.29, 1.82) is 0 Å². The topological polar surface area (TPSA) is 58.2 Å². The van der Waals surface area contributed by atoms with Crippen LogP contribution in [0.3, 0.4) is 0 Å². The summed E-state index contributed by atoms with van der Waals surface area (Å²) in [7, 11) is 1.56. The summed E-state index contributed by atoms with van der Waals surface area (Å²) in [5.74, 6) is -0.453. The minimum Gasteiger partial charge on any atom is -0.355 e. The molecule has 0 saturated heterocycles. The van der Waals surface area contributed by atoms with Crippen molar-refractivity contribution in [3.63, 3.8) is 0 Å². The minimum absolute atomic E-state index is 0.202. The number of carbonyl (C=O) groups is 2. The van der Waals surface area contributed by atoms with Crippen LogP contribution in [0, 0.1) is 3.57 Å². The molecule has 0 aliphatic carbocycles. The van der Waals surface area contributed by atoms with Crippen LogP contribution in [0.2, 0.25) is 5.02 Å². The third-order valence-electron chi connectivity index (χ3n) is 2.79. The number of hydrogen-bond donors (Lipinski definition) is 2. The van der Waals surface area contributed by atoms with E-state index in [4.69, 9.17) is 11.6 Å². The van der Waals surface area contributed by atoms with Gasteiger partial charge in [0, 0.05) is 27.4 Å². The van der Waals surface area contributed by atoms with E-state index in [0.717, 1.165) is 3.57 Å². The maximum absolute atomic E-state index is 12.2. The number of benzene rings is 2. The zero-order valence-electron chi connectivity index (χ0n) is 11.1. The second-order valence-corrected chi connectivity index (χ2v) is 5.81. The summed E-state index contributed by atoms with van der Waals surface area (Å²) < 4.78 is 0.807. The average Bonchev–Trinajstić information content (AvgIpc) is 2.49. The Morgan fingerprint density at radius 1 is 1.05 bits per heavy atom. The first-order valence-corrected chi connectivity index (χ1v) is 7.55. The molecule has 0 aliphatic rings. The maximum Gasteiger partial charge on any atom is 0.255 e. The van der Waals surface area contributed by atoms with Crippen LogP contribution >= 0.6 is 34.2 Å². The number of amides is 2. The molecule has 0 heterocycles. The van der Waals surface area contributed by atoms with E-state index >= 15 is 0 Å². The second-order valence-electron chi connectivity index (χ2n) is 4.24. The molecular formula is C15H12ClIN2O2. The van der Waals surface area contributed by atoms with E-state index in [-0.39, 0.29) is 11.8 Å². The molecule has 0 bridgehead atoms. The smallest absolute Gasteiger partial charge is 0.255 e. The lowest BCUT2D eigenvalue weighted by Gasteiger charge is -2.08. The third kappa shape index (κ3) is 3.95. The first-order chi connectivity index (χ1) is 10.0. The first kappa shape index (κ1) is 15.8. The molecule has 0 fully saturated rings. The predicted molar refractivity (Wildman–Crippen MR) is 92.0 cm³/mol. The van der Waals surface area contributed by atoms with Crippen molar-refractivity contribution >= 4 is 51.7 Å². The largest absolute Gasteiger partial charge is 0.355 e. The summed E-state index contributed by atoms with van der Waals surface area (Å²) in [6, 6.07) is 11.8. The highest BCUT2D eigenvalue weighted by molar-refractivity contribution is 14.1. The van der Waals surface area contributed by atoms with E-state index in [9.17, 15) is 9.59 Å². The summed E-state index contributed by atoms with van der Waals surface area (Å²) in [4.78, 5) is 23.7. The number of anilines is 1. The fourth-order valence-electron chi connectivity index (χ4n) is 1.72. The molecule has 2 aromatic carbocycles. The van der Waals surface area contributed by atoms with Crippen molar-refractivity contribution in [3.8, 4) is 0 Å². The quantitative estimate of drug-likeness (QED) is 0.755. The van der Waals surface area contributed by atoms with Gasteiger partial charge < -0.3 is 10.6 Å². The average molecular weight is 415 g/mol. The zero-order chi connectivity index (χ0) is 15.4. The van der Waals surface area contributed by atoms with Crippen molar-refractivity contribution in [2.75, 3.05) is 12.4 Å². The summed E-state index contributed by atoms with van der Waals surface area (Å²) in [6.07, 6.45) is 0. The first-order valence-electron chi connectivity index (χ1n) is 6.10. The molecule has 21 heavy (non-hydrogen) atoms. The summed E-state index contributed by atoms with van der Waals surface area (Å²) in [5, 5.41) is 5.90. The highest BCUT2D eigenvalue weighted by Crippen LogP contribution is 2.20. The molecule has 0 aromatic heterocycles. The van der Waals surface area contributed by atoms with E-state index in [1.54, 1.807) is 49.5 Å². The van der Waals surface area contributed by atoms with Gasteiger partial charge in [0.05, 0.1) is 5.02 Å². The van der Waals surface area contributed by atoms with Crippen LogP contribution in [-0.2, 0) is 0 Å². The van der Waals surface area contributed by atoms with Crippen LogP contribution in [0.15, 0.2) is 42.5 Å². The van der Waals surface area contributed by atoms with Gasteiger partial charge in [0.25, 0.3) is 11.8 Å². The van der Waals surface area contributed by atoms with Gasteiger partial charge >= 0.3 is 0 Å². The fourth-order valence-corrected chi connectivity index (χ4v) is 2.36. The Kier molecular flexibility index (Phi) is 5.19. The molecule has 2 N–H and O–H groups in total. The summed E-state index contributed by atoms with van der Waals surface area (Å²) >= 11 is 8.00. The molecule has 0 radical (unpaired) electrons. The van der Waals surface area contributed by atoms with Crippen LogP contribution in [-0.4, -0.2) is 18.9 Å². The maximum atomic E-state index is 12.2. The number of hydrogen-bond acceptors (Lipinski definition) is 2. The molecule has 0 spiro atoms. The number of nitrogens with one attached hydrogen (secondary N) is 2. The van der Waals surface area contributed by atoms with Gasteiger partial charge in [0.15, 0.2) is 0 Å². The Labute approximate surface area is 141 Å². The van der Waals surface area contributed by atoms with E-state index in [0.29, 0.717) is 21.8 Å². The Balaban J connectivity index is 2.19. The molecule has 2 rings (SSSR count). The molecule has 0 atom stereocenters. The van der Waals surface area contributed by atoms with E-state index in [1.807, 2.05) is 0 Å². The Hall–Kier alpha value is -1.60. The molecule has 4 nitrogen and oxygen atoms in total. The molecule has 0 saturated carbocycles. The normalized spacial score (nSPS) is 10.0. The Morgan fingerprint density at radius 3 is 2.43 bits per heavy atom. The van der Waals surface area contributed by atoms with Crippen LogP contribution in [0.4, 0.5) is 5.69 Å². The molecule has 6 heteroatoms. The van der Waals surface area contributed by atoms with Gasteiger partial charge in [-0.2, -0.15) is 0 Å². The zero-order valence-corrected chi connectivity index (χ0v) is 14.0. The van der Waals surface area contributed by atoms with Gasteiger partial charge in [-0.3, -0.25) is 9.59 Å². The van der Waals surface area contributed by atoms with E-state index in [2.05, 4.69) is 33.2 Å². The monoisotopic (exact) mass is 414 g/mol. The lowest BCUT2D eigenvalue weighted by molar-refractivity contribution is 0.0961. The minimum atomic E-state index is -0.251. The number of halogens is 2. The highest BCUT2D eigenvalue weighted by Gasteiger charge is 2.10. The lowest BCUT2D eigenvalue weighted by atomic mass is 10.1. The van der Waals surface area contributed by atoms with E-state index < -0.39 is 0 Å². The SMILES string of the molecule is CNC(=O)c1cccc(NC(=O)c2ccc(Cl)c(I)c2)c1. The van der Waals surface area contributed by atoms with Crippen LogP contribution in [0.25, 0.3) is 0 Å². The number of rotatable bonds is 3. The van der Waals surface area contributed by atoms with Crippen molar-refractivity contribution in [1.82, 2.24) is 5.32 Å². The van der Waals surface area contributed by atoms with Gasteiger partial charge in [0.1, 0.15) is 0 Å². The Bertz CT molecular complexity index is 704. The van der Waals surface area contributed by atoms with E-state index in [1.165, 1.54) is 0 Å². The van der Waals surface area contributed by atoms with Gasteiger partial charge in [-0.15, -0.1) is 0 Å². The third-order valence-corrected chi connectivity index (χ3v) is 4.33. The molecule has 2 aromatic rings. The molecule has 0 unspecified atom stereocenters.